The lowest BCUT2D eigenvalue weighted by Crippen LogP contribution is -2.49. The van der Waals surface area contributed by atoms with Crippen LogP contribution >= 0.6 is 0 Å². The van der Waals surface area contributed by atoms with Gasteiger partial charge in [0.25, 0.3) is 0 Å². The van der Waals surface area contributed by atoms with Gasteiger partial charge in [0.05, 0.1) is 6.61 Å². The van der Waals surface area contributed by atoms with E-state index in [0.717, 1.165) is 12.8 Å². The molecule has 2 rings (SSSR count). The minimum absolute atomic E-state index is 0.0795. The Balaban J connectivity index is 1.91. The predicted molar refractivity (Wildman–Crippen MR) is 75.9 cm³/mol. The van der Waals surface area contributed by atoms with Gasteiger partial charge in [-0.2, -0.15) is 0 Å². The first kappa shape index (κ1) is 15.5. The van der Waals surface area contributed by atoms with Crippen LogP contribution in [0.25, 0.3) is 0 Å². The average molecular weight is 282 g/mol. The van der Waals surface area contributed by atoms with Gasteiger partial charge in [-0.05, 0) is 31.1 Å². The molecule has 0 saturated heterocycles. The van der Waals surface area contributed by atoms with Crippen LogP contribution in [-0.4, -0.2) is 30.1 Å². The summed E-state index contributed by atoms with van der Waals surface area (Å²) in [5.74, 6) is -1.02. The SMILES string of the molecule is C=C(C)C(=O)OCCOC1(O)CC2CCC1(C)C2(C)C. The molecule has 0 aliphatic heterocycles. The fourth-order valence-electron chi connectivity index (χ4n) is 3.90. The van der Waals surface area contributed by atoms with E-state index in [1.54, 1.807) is 6.92 Å². The Morgan fingerprint density at radius 2 is 2.00 bits per heavy atom. The van der Waals surface area contributed by atoms with Crippen LogP contribution in [0.3, 0.4) is 0 Å². The van der Waals surface area contributed by atoms with Gasteiger partial charge in [-0.1, -0.05) is 27.4 Å². The maximum absolute atomic E-state index is 11.3. The summed E-state index contributed by atoms with van der Waals surface area (Å²) in [5, 5.41) is 10.9. The number of aliphatic hydroxyl groups is 1. The summed E-state index contributed by atoms with van der Waals surface area (Å²) in [7, 11) is 0. The van der Waals surface area contributed by atoms with Gasteiger partial charge in [-0.25, -0.2) is 4.79 Å². The highest BCUT2D eigenvalue weighted by Crippen LogP contribution is 2.69. The molecule has 3 unspecified atom stereocenters. The summed E-state index contributed by atoms with van der Waals surface area (Å²) in [6, 6.07) is 0. The van der Waals surface area contributed by atoms with Gasteiger partial charge < -0.3 is 14.6 Å². The molecule has 20 heavy (non-hydrogen) atoms. The minimum Gasteiger partial charge on any atom is -0.460 e. The number of carbonyl (C=O) groups excluding carboxylic acids is 1. The van der Waals surface area contributed by atoms with E-state index in [1.807, 2.05) is 0 Å². The first-order valence-electron chi connectivity index (χ1n) is 7.33. The molecule has 2 aliphatic rings. The topological polar surface area (TPSA) is 55.8 Å². The van der Waals surface area contributed by atoms with Gasteiger partial charge in [0.1, 0.15) is 6.61 Å². The molecule has 1 N–H and O–H groups in total. The van der Waals surface area contributed by atoms with Crippen molar-refractivity contribution in [1.82, 2.24) is 0 Å². The molecule has 4 nitrogen and oxygen atoms in total. The molecule has 2 saturated carbocycles. The molecule has 3 atom stereocenters. The molecular formula is C16H26O4. The van der Waals surface area contributed by atoms with Crippen LogP contribution in [0.2, 0.25) is 0 Å². The number of esters is 1. The van der Waals surface area contributed by atoms with E-state index < -0.39 is 11.8 Å². The van der Waals surface area contributed by atoms with Crippen LogP contribution in [0.1, 0.15) is 47.0 Å². The Morgan fingerprint density at radius 3 is 2.45 bits per heavy atom. The molecule has 0 aromatic heterocycles. The van der Waals surface area contributed by atoms with Gasteiger partial charge in [0, 0.05) is 17.4 Å². The lowest BCUT2D eigenvalue weighted by molar-refractivity contribution is -0.275. The zero-order chi connectivity index (χ0) is 15.2. The van der Waals surface area contributed by atoms with E-state index in [4.69, 9.17) is 9.47 Å². The molecule has 114 valence electrons. The summed E-state index contributed by atoms with van der Waals surface area (Å²) in [6.07, 6.45) is 2.80. The maximum atomic E-state index is 11.3. The van der Waals surface area contributed by atoms with Gasteiger partial charge in [0.15, 0.2) is 5.79 Å². The molecule has 0 spiro atoms. The molecular weight excluding hydrogens is 256 g/mol. The molecule has 2 bridgehead atoms. The summed E-state index contributed by atoms with van der Waals surface area (Å²) in [6.45, 7) is 12.0. The lowest BCUT2D eigenvalue weighted by Gasteiger charge is -2.44. The third-order valence-corrected chi connectivity index (χ3v) is 5.83. The van der Waals surface area contributed by atoms with Crippen molar-refractivity contribution in [3.8, 4) is 0 Å². The fourth-order valence-corrected chi connectivity index (χ4v) is 3.90. The van der Waals surface area contributed by atoms with Crippen molar-refractivity contribution < 1.29 is 19.4 Å². The second-order valence-electron chi connectivity index (χ2n) is 7.04. The largest absolute Gasteiger partial charge is 0.460 e. The van der Waals surface area contributed by atoms with Crippen molar-refractivity contribution in [1.29, 1.82) is 0 Å². The van der Waals surface area contributed by atoms with Crippen LogP contribution < -0.4 is 0 Å². The van der Waals surface area contributed by atoms with Crippen molar-refractivity contribution in [3.05, 3.63) is 12.2 Å². The van der Waals surface area contributed by atoms with Crippen molar-refractivity contribution in [2.45, 2.75) is 52.7 Å². The third-order valence-electron chi connectivity index (χ3n) is 5.83. The zero-order valence-electron chi connectivity index (χ0n) is 13.0. The highest BCUT2D eigenvalue weighted by molar-refractivity contribution is 5.86. The average Bonchev–Trinajstić information content (AvgIpc) is 2.66. The summed E-state index contributed by atoms with van der Waals surface area (Å²) < 4.78 is 10.7. The number of carbonyl (C=O) groups is 1. The van der Waals surface area contributed by atoms with Crippen LogP contribution in [0, 0.1) is 16.7 Å². The number of ether oxygens (including phenoxy) is 2. The first-order valence-corrected chi connectivity index (χ1v) is 7.33. The summed E-state index contributed by atoms with van der Waals surface area (Å²) >= 11 is 0. The summed E-state index contributed by atoms with van der Waals surface area (Å²) in [4.78, 5) is 11.3. The van der Waals surface area contributed by atoms with E-state index in [9.17, 15) is 9.90 Å². The van der Waals surface area contributed by atoms with Crippen molar-refractivity contribution in [3.63, 3.8) is 0 Å². The molecule has 0 aromatic carbocycles. The van der Waals surface area contributed by atoms with Crippen LogP contribution in [0.15, 0.2) is 12.2 Å². The van der Waals surface area contributed by atoms with Crippen LogP contribution in [0.4, 0.5) is 0 Å². The predicted octanol–water partition coefficient (Wildman–Crippen LogP) is 2.66. The Labute approximate surface area is 121 Å². The molecule has 0 aromatic rings. The van der Waals surface area contributed by atoms with Crippen molar-refractivity contribution in [2.75, 3.05) is 13.2 Å². The Morgan fingerprint density at radius 1 is 1.35 bits per heavy atom. The lowest BCUT2D eigenvalue weighted by atomic mass is 9.68. The van der Waals surface area contributed by atoms with Crippen LogP contribution in [-0.2, 0) is 14.3 Å². The summed E-state index contributed by atoms with van der Waals surface area (Å²) in [5.41, 5.74) is 0.218. The Kier molecular flexibility index (Phi) is 3.76. The van der Waals surface area contributed by atoms with Crippen molar-refractivity contribution >= 4 is 5.97 Å². The fraction of sp³-hybridized carbons (Fsp3) is 0.812. The highest BCUT2D eigenvalue weighted by atomic mass is 16.6. The second kappa shape index (κ2) is 4.85. The molecule has 2 fully saturated rings. The van der Waals surface area contributed by atoms with E-state index >= 15 is 0 Å². The van der Waals surface area contributed by atoms with E-state index in [1.165, 1.54) is 0 Å². The quantitative estimate of drug-likeness (QED) is 0.364. The van der Waals surface area contributed by atoms with Crippen molar-refractivity contribution in [2.24, 2.45) is 16.7 Å². The monoisotopic (exact) mass is 282 g/mol. The van der Waals surface area contributed by atoms with Gasteiger partial charge >= 0.3 is 5.97 Å². The van der Waals surface area contributed by atoms with Gasteiger partial charge in [-0.3, -0.25) is 0 Å². The third kappa shape index (κ3) is 2.09. The number of hydrogen-bond acceptors (Lipinski definition) is 4. The Hall–Kier alpha value is -0.870. The molecule has 0 radical (unpaired) electrons. The van der Waals surface area contributed by atoms with Gasteiger partial charge in [-0.15, -0.1) is 0 Å². The minimum atomic E-state index is -1.10. The zero-order valence-corrected chi connectivity index (χ0v) is 13.0. The second-order valence-corrected chi connectivity index (χ2v) is 7.04. The van der Waals surface area contributed by atoms with E-state index in [-0.39, 0.29) is 24.0 Å². The standard InChI is InChI=1S/C16H26O4/c1-11(2)13(17)19-8-9-20-16(18)10-12-6-7-15(16,5)14(12,3)4/h12,18H,1,6-10H2,2-5H3. The number of hydrogen-bond donors (Lipinski definition) is 1. The first-order chi connectivity index (χ1) is 9.14. The maximum Gasteiger partial charge on any atom is 0.333 e. The van der Waals surface area contributed by atoms with Crippen LogP contribution in [0.5, 0.6) is 0 Å². The normalized spacial score (nSPS) is 38.0. The molecule has 0 heterocycles. The van der Waals surface area contributed by atoms with Gasteiger partial charge in [0.2, 0.25) is 0 Å². The molecule has 4 heteroatoms. The van der Waals surface area contributed by atoms with E-state index in [0.29, 0.717) is 17.9 Å². The number of rotatable bonds is 5. The number of fused-ring (bicyclic) bond motifs is 2. The molecule has 0 amide bonds. The van der Waals surface area contributed by atoms with E-state index in [2.05, 4.69) is 27.4 Å². The highest BCUT2D eigenvalue weighted by Gasteiger charge is 2.69. The smallest absolute Gasteiger partial charge is 0.333 e. The Bertz CT molecular complexity index is 428. The molecule has 2 aliphatic carbocycles.